The Labute approximate surface area is 737 Å². The van der Waals surface area contributed by atoms with Crippen molar-refractivity contribution in [3.05, 3.63) is 379 Å². The van der Waals surface area contributed by atoms with Crippen molar-refractivity contribution in [3.63, 3.8) is 0 Å². The number of nitrogens with one attached hydrogen (secondary N) is 4. The summed E-state index contributed by atoms with van der Waals surface area (Å²) in [6.45, 7) is 25.3. The van der Waals surface area contributed by atoms with Gasteiger partial charge in [-0.05, 0) is 214 Å². The number of rotatable bonds is 26. The van der Waals surface area contributed by atoms with Crippen LogP contribution in [0.15, 0.2) is 267 Å². The van der Waals surface area contributed by atoms with Gasteiger partial charge < -0.3 is 18.3 Å². The third kappa shape index (κ3) is 20.2. The van der Waals surface area contributed by atoms with E-state index in [1.165, 1.54) is 66.8 Å². The first kappa shape index (κ1) is 88.9. The van der Waals surface area contributed by atoms with Gasteiger partial charge >= 0.3 is 0 Å². The van der Waals surface area contributed by atoms with Crippen molar-refractivity contribution < 1.29 is 0 Å². The van der Waals surface area contributed by atoms with Crippen molar-refractivity contribution in [2.24, 2.45) is 0 Å². The van der Waals surface area contributed by atoms with Crippen molar-refractivity contribution >= 4 is 68.2 Å². The van der Waals surface area contributed by atoms with Gasteiger partial charge in [-0.1, -0.05) is 239 Å². The number of thioether (sulfide) groups is 2. The summed E-state index contributed by atoms with van der Waals surface area (Å²) in [6, 6.07) is 89.0. The highest BCUT2D eigenvalue weighted by Gasteiger charge is 2.29. The Morgan fingerprint density at radius 3 is 0.653 bits per heavy atom. The van der Waals surface area contributed by atoms with Crippen molar-refractivity contribution in [1.82, 2.24) is 56.5 Å². The van der Waals surface area contributed by atoms with Crippen LogP contribution >= 0.6 is 23.5 Å². The summed E-state index contributed by atoms with van der Waals surface area (Å²) < 4.78 is 16.4. The monoisotopic (exact) mass is 1680 g/mol. The quantitative estimate of drug-likeness (QED) is 0.0406. The minimum atomic E-state index is -0.163. The lowest BCUT2D eigenvalue weighted by atomic mass is 10.0. The normalized spacial score (nSPS) is 13.3. The molecule has 0 bridgehead atoms. The Morgan fingerprint density at radius 2 is 0.460 bits per heavy atom. The van der Waals surface area contributed by atoms with Crippen LogP contribution in [0.4, 0.5) is 0 Å². The minimum absolute atomic E-state index is 0.0249. The van der Waals surface area contributed by atoms with E-state index in [0.29, 0.717) is 48.2 Å². The number of fused-ring (bicyclic) bond motifs is 4. The molecule has 16 rings (SSSR count). The first-order valence-electron chi connectivity index (χ1n) is 42.7. The highest BCUT2D eigenvalue weighted by Crippen LogP contribution is 2.33. The summed E-state index contributed by atoms with van der Waals surface area (Å²) in [5, 5.41) is 55.6. The molecular formula is C104H114N18S2. The van der Waals surface area contributed by atoms with Crippen LogP contribution in [0.3, 0.4) is 0 Å². The summed E-state index contributed by atoms with van der Waals surface area (Å²) in [4.78, 5) is 18.7. The predicted octanol–water partition coefficient (Wildman–Crippen LogP) is 21.9. The molecule has 8 aromatic carbocycles. The maximum atomic E-state index is 9.55. The molecule has 0 spiro atoms. The zero-order valence-electron chi connectivity index (χ0n) is 73.8. The second-order valence-electron chi connectivity index (χ2n) is 33.0. The number of imidazole rings is 4. The molecule has 20 heteroatoms. The van der Waals surface area contributed by atoms with E-state index in [0.717, 1.165) is 91.3 Å². The number of aryl methyl sites for hydroxylation is 8. The van der Waals surface area contributed by atoms with Crippen LogP contribution in [-0.2, 0) is 25.7 Å². The molecule has 0 fully saturated rings. The molecule has 0 aliphatic carbocycles. The van der Waals surface area contributed by atoms with E-state index in [1.54, 1.807) is 12.4 Å². The third-order valence-corrected chi connectivity index (χ3v) is 25.3. The number of aromatic nitrogens is 12. The molecule has 124 heavy (non-hydrogen) atoms. The molecule has 0 aliphatic rings. The smallest absolute Gasteiger partial charge is 0.205 e. The molecule has 8 aromatic heterocycles. The summed E-state index contributed by atoms with van der Waals surface area (Å²) in [5.74, 6) is 1.86. The number of hydrogen-bond donors (Lipinski definition) is 4. The van der Waals surface area contributed by atoms with Crippen molar-refractivity contribution in [2.75, 3.05) is 24.0 Å². The Morgan fingerprint density at radius 1 is 0.274 bits per heavy atom. The minimum Gasteiger partial charge on any atom is -0.302 e. The van der Waals surface area contributed by atoms with Crippen molar-refractivity contribution in [2.45, 2.75) is 170 Å². The van der Waals surface area contributed by atoms with Gasteiger partial charge in [0, 0.05) is 36.3 Å². The van der Waals surface area contributed by atoms with Crippen LogP contribution in [0.1, 0.15) is 178 Å². The highest BCUT2D eigenvalue weighted by atomic mass is 32.2. The largest absolute Gasteiger partial charge is 0.302 e. The molecule has 0 saturated carbocycles. The van der Waals surface area contributed by atoms with E-state index in [1.807, 2.05) is 90.6 Å². The van der Waals surface area contributed by atoms with Crippen LogP contribution in [-0.4, -0.2) is 80.5 Å². The first-order valence-corrected chi connectivity index (χ1v) is 45.4. The standard InChI is InChI=1S/2C26H27N5.2C26H30N4S/c2*1-18-6-10-21(11-7-18)17-23(14-15-27)31-25-24(5-4-16-29-25)30(26(31)28)20(3)22-12-8-19(2)9-13-22;2*1-18-7-11-21(12-8-18)16-23(17-31-4)30-25-24(6-5-15-28-25)29(26(30)27)20(3)22-13-9-19(2)10-14-22/h2*4-13,16,20,23,28H,14,17H2,1-3H3;2*5-15,20,23,27H,16-17H2,1-4H3/t4*20?,23-/m1100/s1. The molecule has 4 N–H and O–H groups in total. The van der Waals surface area contributed by atoms with Gasteiger partial charge in [0.2, 0.25) is 22.5 Å². The second-order valence-corrected chi connectivity index (χ2v) is 34.8. The molecule has 18 nitrogen and oxygen atoms in total. The molecule has 0 amide bonds. The molecule has 0 radical (unpaired) electrons. The molecule has 0 saturated heterocycles. The molecular weight excluding hydrogens is 1570 g/mol. The Kier molecular flexibility index (Phi) is 29.3. The zero-order valence-corrected chi connectivity index (χ0v) is 75.4. The third-order valence-electron chi connectivity index (χ3n) is 23.8. The summed E-state index contributed by atoms with van der Waals surface area (Å²) in [7, 11) is 0. The molecule has 16 aromatic rings. The van der Waals surface area contributed by atoms with Gasteiger partial charge in [0.25, 0.3) is 0 Å². The van der Waals surface area contributed by atoms with E-state index >= 15 is 0 Å². The maximum Gasteiger partial charge on any atom is 0.205 e. The first-order chi connectivity index (χ1) is 60.0. The van der Waals surface area contributed by atoms with Gasteiger partial charge in [0.05, 0.1) is 95.4 Å². The number of pyridine rings is 4. The lowest BCUT2D eigenvalue weighted by Gasteiger charge is -2.19. The predicted molar refractivity (Wildman–Crippen MR) is 507 cm³/mol. The van der Waals surface area contributed by atoms with Crippen LogP contribution in [0.25, 0.3) is 44.7 Å². The molecule has 0 aliphatic heterocycles. The fourth-order valence-corrected chi connectivity index (χ4v) is 18.1. The summed E-state index contributed by atoms with van der Waals surface area (Å²) in [5.41, 5.74) is 28.3. The lowest BCUT2D eigenvalue weighted by Crippen LogP contribution is -2.31. The molecule has 8 heterocycles. The summed E-state index contributed by atoms with van der Waals surface area (Å²) >= 11 is 3.64. The molecule has 8 atom stereocenters. The average Bonchev–Trinajstić information content (AvgIpc) is 1.62. The van der Waals surface area contributed by atoms with Gasteiger partial charge in [-0.25, -0.2) is 19.9 Å². The SMILES string of the molecule is CSC[C@H](Cc1ccc(C)cc1)n1c(=N)n(C(C)c2ccc(C)cc2)c2cccnc21.CSC[C@H](Cc1ccc(C)cc1)n1c(=N)n(C(C)c2ccc(C)cc2)c2cccnc21.Cc1ccc(C[C@@H](CC#N)n2c(=N)n(C(C)c3ccc(C)cc3)c3cccnc32)cc1.Cc1ccc(C[C@@H](CC#N)n2c(=N)n(C(C)c3ccc(C)cc3)c3cccnc32)cc1. The number of nitrogens with zero attached hydrogens (tertiary/aromatic N) is 14. The zero-order chi connectivity index (χ0) is 87.8. The van der Waals surface area contributed by atoms with E-state index in [-0.39, 0.29) is 48.3 Å². The van der Waals surface area contributed by atoms with Crippen LogP contribution in [0, 0.1) is 99.7 Å². The van der Waals surface area contributed by atoms with Crippen molar-refractivity contribution in [1.29, 1.82) is 32.2 Å². The highest BCUT2D eigenvalue weighted by molar-refractivity contribution is 7.98. The number of hydrogen-bond acceptors (Lipinski definition) is 12. The summed E-state index contributed by atoms with van der Waals surface area (Å²) in [6.07, 6.45) is 15.2. The number of benzene rings is 8. The van der Waals surface area contributed by atoms with E-state index in [2.05, 4.69) is 342 Å². The van der Waals surface area contributed by atoms with Crippen LogP contribution < -0.4 is 22.5 Å². The van der Waals surface area contributed by atoms with Gasteiger partial charge in [0.15, 0.2) is 22.6 Å². The average molecular weight is 1680 g/mol. The van der Waals surface area contributed by atoms with Gasteiger partial charge in [-0.2, -0.15) is 34.0 Å². The van der Waals surface area contributed by atoms with Crippen LogP contribution in [0.2, 0.25) is 0 Å². The van der Waals surface area contributed by atoms with Gasteiger partial charge in [0.1, 0.15) is 0 Å². The van der Waals surface area contributed by atoms with Gasteiger partial charge in [-0.15, -0.1) is 0 Å². The Balaban J connectivity index is 0.000000142. The van der Waals surface area contributed by atoms with Crippen LogP contribution in [0.5, 0.6) is 0 Å². The van der Waals surface area contributed by atoms with Crippen molar-refractivity contribution in [3.8, 4) is 12.1 Å². The fourth-order valence-electron chi connectivity index (χ4n) is 16.8. The number of nitriles is 2. The lowest BCUT2D eigenvalue weighted by molar-refractivity contribution is 0.470. The van der Waals surface area contributed by atoms with E-state index in [9.17, 15) is 21.3 Å². The van der Waals surface area contributed by atoms with E-state index in [4.69, 9.17) is 20.8 Å². The topological polar surface area (TPSA) is 234 Å². The van der Waals surface area contributed by atoms with E-state index < -0.39 is 0 Å². The molecule has 4 unspecified atom stereocenters. The Hall–Kier alpha value is -12.9. The van der Waals surface area contributed by atoms with Gasteiger partial charge in [-0.3, -0.25) is 39.9 Å². The Bertz CT molecular complexity index is 6230. The second kappa shape index (κ2) is 40.9. The fraction of sp³-hybridized carbons (Fsp3) is 0.288. The molecule has 632 valence electrons. The maximum absolute atomic E-state index is 9.55.